The van der Waals surface area contributed by atoms with E-state index in [9.17, 15) is 4.39 Å². The van der Waals surface area contributed by atoms with E-state index in [0.717, 1.165) is 17.0 Å². The second kappa shape index (κ2) is 4.87. The highest BCUT2D eigenvalue weighted by Gasteiger charge is 2.38. The molecule has 1 aromatic heterocycles. The standard InChI is InChI=1S/C19H19FN2/c1-13(2)11-18-19-12-21(22(18)19)17-9-5-15(6-10-17)14-3-7-16(20)8-4-14/h3-10,12-13,18H,11H2,1-2H3. The van der Waals surface area contributed by atoms with Gasteiger partial charge in [0.05, 0.1) is 23.6 Å². The number of nitrogens with zero attached hydrogens (tertiary/aromatic N) is 2. The topological polar surface area (TPSA) is 9.86 Å². The Balaban J connectivity index is 1.54. The highest BCUT2D eigenvalue weighted by atomic mass is 19.1. The van der Waals surface area contributed by atoms with Crippen LogP contribution >= 0.6 is 0 Å². The fourth-order valence-electron chi connectivity index (χ4n) is 3.11. The summed E-state index contributed by atoms with van der Waals surface area (Å²) in [4.78, 5) is 0. The first-order valence-corrected chi connectivity index (χ1v) is 7.79. The summed E-state index contributed by atoms with van der Waals surface area (Å²) in [6.45, 7) is 4.53. The van der Waals surface area contributed by atoms with Gasteiger partial charge in [-0.1, -0.05) is 38.1 Å². The molecule has 1 aliphatic heterocycles. The van der Waals surface area contributed by atoms with Crippen molar-refractivity contribution in [3.05, 3.63) is 66.2 Å². The van der Waals surface area contributed by atoms with Gasteiger partial charge in [0.15, 0.2) is 0 Å². The van der Waals surface area contributed by atoms with Gasteiger partial charge in [0.25, 0.3) is 0 Å². The van der Waals surface area contributed by atoms with Crippen LogP contribution in [0.2, 0.25) is 0 Å². The molecule has 2 nitrogen and oxygen atoms in total. The van der Waals surface area contributed by atoms with Crippen molar-refractivity contribution in [2.75, 3.05) is 0 Å². The SMILES string of the molecule is CC(C)CC1c2cn(-c3ccc(-c4ccc(F)cc4)cc3)n21. The van der Waals surface area contributed by atoms with E-state index in [4.69, 9.17) is 0 Å². The molecular formula is C19H19FN2. The number of rotatable bonds is 4. The molecule has 0 amide bonds. The molecular weight excluding hydrogens is 275 g/mol. The van der Waals surface area contributed by atoms with Gasteiger partial charge in [0.1, 0.15) is 5.82 Å². The molecule has 0 radical (unpaired) electrons. The molecule has 0 fully saturated rings. The smallest absolute Gasteiger partial charge is 0.123 e. The van der Waals surface area contributed by atoms with Crippen molar-refractivity contribution in [1.29, 1.82) is 0 Å². The maximum atomic E-state index is 13.0. The lowest BCUT2D eigenvalue weighted by atomic mass is 10.1. The quantitative estimate of drug-likeness (QED) is 0.638. The Morgan fingerprint density at radius 1 is 0.955 bits per heavy atom. The fourth-order valence-corrected chi connectivity index (χ4v) is 3.11. The van der Waals surface area contributed by atoms with E-state index in [-0.39, 0.29) is 5.82 Å². The third-order valence-corrected chi connectivity index (χ3v) is 4.32. The number of hydrogen-bond acceptors (Lipinski definition) is 0. The maximum Gasteiger partial charge on any atom is 0.123 e. The lowest BCUT2D eigenvalue weighted by Gasteiger charge is -2.11. The molecule has 2 aromatic carbocycles. The summed E-state index contributed by atoms with van der Waals surface area (Å²) in [5, 5.41) is 0. The van der Waals surface area contributed by atoms with Gasteiger partial charge in [0, 0.05) is 0 Å². The van der Waals surface area contributed by atoms with Crippen LogP contribution in [0.25, 0.3) is 16.8 Å². The summed E-state index contributed by atoms with van der Waals surface area (Å²) in [6.07, 6.45) is 3.44. The Labute approximate surface area is 129 Å². The molecule has 1 atom stereocenters. The summed E-state index contributed by atoms with van der Waals surface area (Å²) in [7, 11) is 0. The van der Waals surface area contributed by atoms with Crippen LogP contribution in [0, 0.1) is 11.7 Å². The van der Waals surface area contributed by atoms with Crippen LogP contribution in [-0.2, 0) is 0 Å². The monoisotopic (exact) mass is 294 g/mol. The lowest BCUT2D eigenvalue weighted by molar-refractivity contribution is 0.519. The molecule has 0 N–H and O–H groups in total. The first-order chi connectivity index (χ1) is 10.6. The highest BCUT2D eigenvalue weighted by molar-refractivity contribution is 5.64. The summed E-state index contributed by atoms with van der Waals surface area (Å²) in [5.74, 6) is 0.524. The Bertz CT molecular complexity index is 791. The van der Waals surface area contributed by atoms with Crippen LogP contribution in [0.1, 0.15) is 32.0 Å². The van der Waals surface area contributed by atoms with E-state index in [2.05, 4.69) is 53.7 Å². The van der Waals surface area contributed by atoms with E-state index in [0.29, 0.717) is 6.04 Å². The molecule has 0 aliphatic carbocycles. The Kier molecular flexibility index (Phi) is 2.96. The predicted molar refractivity (Wildman–Crippen MR) is 86.7 cm³/mol. The molecule has 0 saturated heterocycles. The van der Waals surface area contributed by atoms with Crippen LogP contribution in [-0.4, -0.2) is 9.36 Å². The molecule has 0 saturated carbocycles. The van der Waals surface area contributed by atoms with E-state index in [1.165, 1.54) is 29.9 Å². The molecule has 22 heavy (non-hydrogen) atoms. The Hall–Kier alpha value is -2.29. The molecule has 2 heterocycles. The van der Waals surface area contributed by atoms with Gasteiger partial charge in [-0.2, -0.15) is 0 Å². The third-order valence-electron chi connectivity index (χ3n) is 4.32. The summed E-state index contributed by atoms with van der Waals surface area (Å²) >= 11 is 0. The average molecular weight is 294 g/mol. The molecule has 3 heteroatoms. The number of halogens is 1. The second-order valence-corrected chi connectivity index (χ2v) is 6.44. The molecule has 0 spiro atoms. The van der Waals surface area contributed by atoms with Crippen molar-refractivity contribution < 1.29 is 4.39 Å². The van der Waals surface area contributed by atoms with Crippen molar-refractivity contribution in [2.45, 2.75) is 26.3 Å². The number of hydrogen-bond donors (Lipinski definition) is 0. The zero-order valence-corrected chi connectivity index (χ0v) is 12.8. The van der Waals surface area contributed by atoms with Gasteiger partial charge >= 0.3 is 0 Å². The summed E-state index contributed by atoms with van der Waals surface area (Å²) in [6, 6.07) is 15.7. The third kappa shape index (κ3) is 2.17. The van der Waals surface area contributed by atoms with Gasteiger partial charge < -0.3 is 0 Å². The van der Waals surface area contributed by atoms with E-state index in [1.807, 2.05) is 12.1 Å². The van der Waals surface area contributed by atoms with Crippen LogP contribution in [0.4, 0.5) is 4.39 Å². The Morgan fingerprint density at radius 2 is 1.55 bits per heavy atom. The van der Waals surface area contributed by atoms with Crippen molar-refractivity contribution in [1.82, 2.24) is 9.36 Å². The minimum absolute atomic E-state index is 0.198. The van der Waals surface area contributed by atoms with Crippen molar-refractivity contribution in [3.8, 4) is 16.8 Å². The average Bonchev–Trinajstić information content (AvgIpc) is 3.01. The van der Waals surface area contributed by atoms with E-state index >= 15 is 0 Å². The van der Waals surface area contributed by atoms with Crippen LogP contribution in [0.15, 0.2) is 54.7 Å². The normalized spacial score (nSPS) is 16.1. The zero-order chi connectivity index (χ0) is 15.3. The van der Waals surface area contributed by atoms with Crippen molar-refractivity contribution in [3.63, 3.8) is 0 Å². The molecule has 3 aromatic rings. The minimum Gasteiger partial charge on any atom is -0.272 e. The molecule has 0 bridgehead atoms. The van der Waals surface area contributed by atoms with E-state index < -0.39 is 0 Å². The summed E-state index contributed by atoms with van der Waals surface area (Å²) in [5.41, 5.74) is 4.78. The number of aromatic nitrogens is 2. The van der Waals surface area contributed by atoms with Crippen LogP contribution in [0.5, 0.6) is 0 Å². The van der Waals surface area contributed by atoms with Gasteiger partial charge in [-0.05, 0) is 47.7 Å². The number of benzene rings is 2. The molecule has 1 aliphatic rings. The van der Waals surface area contributed by atoms with Gasteiger partial charge in [-0.25, -0.2) is 4.39 Å². The number of fused-ring (bicyclic) bond motifs is 1. The molecule has 1 unspecified atom stereocenters. The Morgan fingerprint density at radius 3 is 2.14 bits per heavy atom. The summed E-state index contributed by atoms with van der Waals surface area (Å²) < 4.78 is 17.6. The predicted octanol–water partition coefficient (Wildman–Crippen LogP) is 5.03. The van der Waals surface area contributed by atoms with Crippen molar-refractivity contribution in [2.24, 2.45) is 5.92 Å². The van der Waals surface area contributed by atoms with E-state index in [1.54, 1.807) is 0 Å². The first kappa shape index (κ1) is 13.4. The second-order valence-electron chi connectivity index (χ2n) is 6.44. The van der Waals surface area contributed by atoms with Crippen molar-refractivity contribution >= 4 is 0 Å². The van der Waals surface area contributed by atoms with Gasteiger partial charge in [-0.3, -0.25) is 9.36 Å². The van der Waals surface area contributed by atoms with Crippen LogP contribution < -0.4 is 0 Å². The maximum absolute atomic E-state index is 13.0. The van der Waals surface area contributed by atoms with Gasteiger partial charge in [-0.15, -0.1) is 0 Å². The zero-order valence-electron chi connectivity index (χ0n) is 12.8. The van der Waals surface area contributed by atoms with Crippen LogP contribution in [0.3, 0.4) is 0 Å². The molecule has 112 valence electrons. The first-order valence-electron chi connectivity index (χ1n) is 7.79. The van der Waals surface area contributed by atoms with Gasteiger partial charge in [0.2, 0.25) is 0 Å². The highest BCUT2D eigenvalue weighted by Crippen LogP contribution is 2.43. The fraction of sp³-hybridized carbons (Fsp3) is 0.263. The molecule has 4 rings (SSSR count). The minimum atomic E-state index is -0.198. The lowest BCUT2D eigenvalue weighted by Crippen LogP contribution is -2.05. The largest absolute Gasteiger partial charge is 0.272 e.